The summed E-state index contributed by atoms with van der Waals surface area (Å²) in [6.07, 6.45) is -0.138. The van der Waals surface area contributed by atoms with Gasteiger partial charge in [-0.3, -0.25) is 9.59 Å². The predicted molar refractivity (Wildman–Crippen MR) is 90.9 cm³/mol. The third-order valence-electron chi connectivity index (χ3n) is 4.41. The number of benzene rings is 2. The Morgan fingerprint density at radius 2 is 1.58 bits per heavy atom. The number of aromatic amines is 1. The summed E-state index contributed by atoms with van der Waals surface area (Å²) in [5, 5.41) is 0.910. The van der Waals surface area contributed by atoms with Crippen LogP contribution in [-0.2, 0) is 9.59 Å². The average molecular weight is 319 g/mol. The van der Waals surface area contributed by atoms with Crippen LogP contribution in [0.1, 0.15) is 23.2 Å². The maximum Gasteiger partial charge on any atom is 0.172 e. The highest BCUT2D eigenvalue weighted by atomic mass is 19.1. The summed E-state index contributed by atoms with van der Waals surface area (Å²) in [7, 11) is 0. The van der Waals surface area contributed by atoms with Crippen molar-refractivity contribution in [2.75, 3.05) is 0 Å². The molecule has 0 radical (unpaired) electrons. The molecule has 24 heavy (non-hydrogen) atoms. The van der Waals surface area contributed by atoms with E-state index >= 15 is 0 Å². The van der Waals surface area contributed by atoms with Crippen molar-refractivity contribution in [2.24, 2.45) is 0 Å². The van der Waals surface area contributed by atoms with Crippen molar-refractivity contribution in [3.8, 4) is 0 Å². The van der Waals surface area contributed by atoms with Gasteiger partial charge in [0.05, 0.1) is 6.42 Å². The molecule has 0 atom stereocenters. The van der Waals surface area contributed by atoms with Gasteiger partial charge in [0.1, 0.15) is 5.82 Å². The predicted octanol–water partition coefficient (Wildman–Crippen LogP) is 4.07. The zero-order chi connectivity index (χ0) is 16.8. The van der Waals surface area contributed by atoms with Gasteiger partial charge in [0.25, 0.3) is 0 Å². The van der Waals surface area contributed by atoms with E-state index in [2.05, 4.69) is 4.98 Å². The Morgan fingerprint density at radius 1 is 0.917 bits per heavy atom. The fourth-order valence-electron chi connectivity index (χ4n) is 3.39. The van der Waals surface area contributed by atoms with E-state index in [0.717, 1.165) is 22.2 Å². The van der Waals surface area contributed by atoms with Crippen LogP contribution in [0.2, 0.25) is 0 Å². The minimum absolute atomic E-state index is 0.138. The van der Waals surface area contributed by atoms with Gasteiger partial charge in [0.2, 0.25) is 0 Å². The molecule has 0 bridgehead atoms. The van der Waals surface area contributed by atoms with E-state index in [1.165, 1.54) is 12.1 Å². The standard InChI is InChI=1S/C20H14FNO2/c1-11-18(14-4-2-3-5-15(14)22-11)20-17(24)10-16(23)19(20)12-6-8-13(21)9-7-12/h2-9,22H,10H2,1H3. The summed E-state index contributed by atoms with van der Waals surface area (Å²) >= 11 is 0. The van der Waals surface area contributed by atoms with E-state index in [1.807, 2.05) is 31.2 Å². The number of nitrogens with one attached hydrogen (secondary N) is 1. The Balaban J connectivity index is 2.05. The molecule has 1 heterocycles. The van der Waals surface area contributed by atoms with Gasteiger partial charge in [-0.15, -0.1) is 0 Å². The highest BCUT2D eigenvalue weighted by molar-refractivity contribution is 6.51. The van der Waals surface area contributed by atoms with E-state index in [1.54, 1.807) is 12.1 Å². The van der Waals surface area contributed by atoms with E-state index in [9.17, 15) is 14.0 Å². The lowest BCUT2D eigenvalue weighted by molar-refractivity contribution is -0.119. The number of para-hydroxylation sites is 1. The Bertz CT molecular complexity index is 1030. The van der Waals surface area contributed by atoms with E-state index in [-0.39, 0.29) is 23.8 Å². The van der Waals surface area contributed by atoms with Crippen LogP contribution in [0.4, 0.5) is 4.39 Å². The van der Waals surface area contributed by atoms with Crippen molar-refractivity contribution < 1.29 is 14.0 Å². The summed E-state index contributed by atoms with van der Waals surface area (Å²) in [6.45, 7) is 1.89. The SMILES string of the molecule is Cc1[nH]c2ccccc2c1C1=C(c2ccc(F)cc2)C(=O)CC1=O. The molecular formula is C20H14FNO2. The molecule has 0 unspecified atom stereocenters. The molecule has 3 nitrogen and oxygen atoms in total. The number of aryl methyl sites for hydroxylation is 1. The zero-order valence-corrected chi connectivity index (χ0v) is 13.0. The second-order valence-electron chi connectivity index (χ2n) is 5.95. The number of rotatable bonds is 2. The number of carbonyl (C=O) groups is 2. The minimum atomic E-state index is -0.374. The summed E-state index contributed by atoms with van der Waals surface area (Å²) in [5.74, 6) is -0.778. The maximum absolute atomic E-state index is 13.2. The van der Waals surface area contributed by atoms with Gasteiger partial charge in [-0.25, -0.2) is 4.39 Å². The van der Waals surface area contributed by atoms with Crippen LogP contribution < -0.4 is 0 Å². The second-order valence-corrected chi connectivity index (χ2v) is 5.95. The van der Waals surface area contributed by atoms with Gasteiger partial charge in [0.15, 0.2) is 11.6 Å². The molecular weight excluding hydrogens is 305 g/mol. The molecule has 1 aliphatic carbocycles. The largest absolute Gasteiger partial charge is 0.358 e. The number of H-pyrrole nitrogens is 1. The van der Waals surface area contributed by atoms with Crippen molar-refractivity contribution >= 4 is 33.6 Å². The van der Waals surface area contributed by atoms with E-state index in [4.69, 9.17) is 0 Å². The van der Waals surface area contributed by atoms with Gasteiger partial charge in [-0.2, -0.15) is 0 Å². The van der Waals surface area contributed by atoms with Gasteiger partial charge in [-0.1, -0.05) is 30.3 Å². The molecule has 0 fully saturated rings. The highest BCUT2D eigenvalue weighted by Crippen LogP contribution is 2.39. The molecule has 118 valence electrons. The first-order valence-electron chi connectivity index (χ1n) is 7.70. The normalized spacial score (nSPS) is 14.9. The van der Waals surface area contributed by atoms with Crippen LogP contribution >= 0.6 is 0 Å². The van der Waals surface area contributed by atoms with Crippen LogP contribution in [0.15, 0.2) is 48.5 Å². The molecule has 0 saturated carbocycles. The fraction of sp³-hybridized carbons (Fsp3) is 0.100. The summed E-state index contributed by atoms with van der Waals surface area (Å²) in [6, 6.07) is 13.4. The van der Waals surface area contributed by atoms with Gasteiger partial charge in [0, 0.05) is 33.3 Å². The number of hydrogen-bond donors (Lipinski definition) is 1. The average Bonchev–Trinajstić information content (AvgIpc) is 3.03. The van der Waals surface area contributed by atoms with Crippen molar-refractivity contribution in [1.82, 2.24) is 4.98 Å². The highest BCUT2D eigenvalue weighted by Gasteiger charge is 2.34. The van der Waals surface area contributed by atoms with Crippen molar-refractivity contribution in [3.05, 3.63) is 71.2 Å². The summed E-state index contributed by atoms with van der Waals surface area (Å²) in [5.41, 5.74) is 3.92. The van der Waals surface area contributed by atoms with Crippen LogP contribution in [0.25, 0.3) is 22.0 Å². The number of ketones is 2. The second kappa shape index (κ2) is 5.27. The Morgan fingerprint density at radius 3 is 2.33 bits per heavy atom. The molecule has 2 aromatic carbocycles. The van der Waals surface area contributed by atoms with Crippen LogP contribution in [0.5, 0.6) is 0 Å². The van der Waals surface area contributed by atoms with Crippen molar-refractivity contribution in [3.63, 3.8) is 0 Å². The topological polar surface area (TPSA) is 49.9 Å². The lowest BCUT2D eigenvalue weighted by Gasteiger charge is -2.07. The number of hydrogen-bond acceptors (Lipinski definition) is 2. The maximum atomic E-state index is 13.2. The number of Topliss-reactive ketones (excluding diaryl/α,β-unsaturated/α-hetero) is 2. The molecule has 1 aliphatic rings. The molecule has 0 aliphatic heterocycles. The Labute approximate surface area is 137 Å². The quantitative estimate of drug-likeness (QED) is 0.724. The molecule has 4 rings (SSSR count). The first-order valence-corrected chi connectivity index (χ1v) is 7.70. The van der Waals surface area contributed by atoms with Crippen molar-refractivity contribution in [1.29, 1.82) is 0 Å². The lowest BCUT2D eigenvalue weighted by Crippen LogP contribution is -1.97. The first-order chi connectivity index (χ1) is 11.6. The molecule has 3 aromatic rings. The number of allylic oxidation sites excluding steroid dienone is 2. The van der Waals surface area contributed by atoms with Gasteiger partial charge >= 0.3 is 0 Å². The van der Waals surface area contributed by atoms with Crippen molar-refractivity contribution in [2.45, 2.75) is 13.3 Å². The van der Waals surface area contributed by atoms with Crippen LogP contribution in [0.3, 0.4) is 0 Å². The van der Waals surface area contributed by atoms with Crippen LogP contribution in [0, 0.1) is 12.7 Å². The minimum Gasteiger partial charge on any atom is -0.358 e. The molecule has 0 saturated heterocycles. The monoisotopic (exact) mass is 319 g/mol. The first kappa shape index (κ1) is 14.6. The Kier molecular flexibility index (Phi) is 3.20. The Hall–Kier alpha value is -3.01. The third-order valence-corrected chi connectivity index (χ3v) is 4.41. The van der Waals surface area contributed by atoms with Gasteiger partial charge < -0.3 is 4.98 Å². The molecule has 1 N–H and O–H groups in total. The third kappa shape index (κ3) is 2.11. The smallest absolute Gasteiger partial charge is 0.172 e. The zero-order valence-electron chi connectivity index (χ0n) is 13.0. The van der Waals surface area contributed by atoms with E-state index in [0.29, 0.717) is 16.7 Å². The van der Waals surface area contributed by atoms with E-state index < -0.39 is 0 Å². The van der Waals surface area contributed by atoms with Gasteiger partial charge in [-0.05, 0) is 30.7 Å². The number of aromatic nitrogens is 1. The van der Waals surface area contributed by atoms with Crippen LogP contribution in [-0.4, -0.2) is 16.6 Å². The number of halogens is 1. The molecule has 4 heteroatoms. The fourth-order valence-corrected chi connectivity index (χ4v) is 3.39. The number of carbonyl (C=O) groups excluding carboxylic acids is 2. The summed E-state index contributed by atoms with van der Waals surface area (Å²) in [4.78, 5) is 28.3. The lowest BCUT2D eigenvalue weighted by atomic mass is 9.94. The number of fused-ring (bicyclic) bond motifs is 1. The molecule has 1 aromatic heterocycles. The molecule has 0 spiro atoms. The molecule has 0 amide bonds. The summed E-state index contributed by atoms with van der Waals surface area (Å²) < 4.78 is 13.2.